The zero-order valence-electron chi connectivity index (χ0n) is 32.4. The predicted molar refractivity (Wildman–Crippen MR) is 213 cm³/mol. The molecule has 0 bridgehead atoms. The van der Waals surface area contributed by atoms with E-state index in [0.717, 1.165) is 99.2 Å². The number of aldehydes is 1. The van der Waals surface area contributed by atoms with Gasteiger partial charge < -0.3 is 37.2 Å². The Morgan fingerprint density at radius 2 is 1.79 bits per heavy atom. The number of likely N-dealkylation sites (tertiary alicyclic amines) is 2. The summed E-state index contributed by atoms with van der Waals surface area (Å²) in [4.78, 5) is 47.9. The second-order valence-electron chi connectivity index (χ2n) is 15.6. The molecule has 5 aliphatic rings. The lowest BCUT2D eigenvalue weighted by atomic mass is 9.91. The number of carbonyl (C=O) groups excluding carboxylic acids is 3. The van der Waals surface area contributed by atoms with Gasteiger partial charge >= 0.3 is 0 Å². The van der Waals surface area contributed by atoms with Gasteiger partial charge in [0, 0.05) is 62.4 Å². The van der Waals surface area contributed by atoms with E-state index in [1.54, 1.807) is 6.07 Å². The van der Waals surface area contributed by atoms with Crippen molar-refractivity contribution in [1.29, 1.82) is 5.26 Å². The number of hydrogen-bond acceptors (Lipinski definition) is 12. The van der Waals surface area contributed by atoms with Gasteiger partial charge in [-0.3, -0.25) is 24.0 Å². The van der Waals surface area contributed by atoms with Crippen molar-refractivity contribution in [2.75, 3.05) is 50.5 Å². The Morgan fingerprint density at radius 1 is 1.02 bits per heavy atom. The molecular formula is C41H52N12O3. The lowest BCUT2D eigenvalue weighted by molar-refractivity contribution is -0.121. The number of nitrogens with one attached hydrogen (secondary N) is 3. The molecule has 4 fully saturated rings. The number of amides is 2. The van der Waals surface area contributed by atoms with Gasteiger partial charge in [-0.05, 0) is 70.3 Å². The Morgan fingerprint density at radius 3 is 2.43 bits per heavy atom. The number of nitriles is 1. The Kier molecular flexibility index (Phi) is 11.4. The van der Waals surface area contributed by atoms with Crippen molar-refractivity contribution >= 4 is 29.5 Å². The molecule has 0 spiro atoms. The highest BCUT2D eigenvalue weighted by Gasteiger charge is 2.38. The summed E-state index contributed by atoms with van der Waals surface area (Å²) in [5.74, 6) is -0.113. The molecule has 2 amide bonds. The molecule has 2 saturated carbocycles. The van der Waals surface area contributed by atoms with Gasteiger partial charge in [-0.1, -0.05) is 25.1 Å². The molecule has 3 aliphatic heterocycles. The molecule has 7 N–H and O–H groups in total. The zero-order valence-corrected chi connectivity index (χ0v) is 32.4. The van der Waals surface area contributed by atoms with Crippen LogP contribution in [-0.2, 0) is 16.1 Å². The molecule has 5 heterocycles. The largest absolute Gasteiger partial charge is 0.393 e. The van der Waals surface area contributed by atoms with Crippen molar-refractivity contribution in [3.8, 4) is 17.2 Å². The van der Waals surface area contributed by atoms with Crippen LogP contribution in [0.5, 0.6) is 0 Å². The number of hydrogen-bond donors (Lipinski definition) is 5. The van der Waals surface area contributed by atoms with Crippen molar-refractivity contribution in [2.45, 2.75) is 70.1 Å². The van der Waals surface area contributed by atoms with E-state index in [1.807, 2.05) is 30.5 Å². The second-order valence-corrected chi connectivity index (χ2v) is 15.6. The van der Waals surface area contributed by atoms with E-state index in [9.17, 15) is 14.4 Å². The average Bonchev–Trinajstić information content (AvgIpc) is 4.11. The number of nitrogens with zero attached hydrogens (tertiary/aromatic N) is 7. The van der Waals surface area contributed by atoms with Gasteiger partial charge in [-0.2, -0.15) is 10.4 Å². The predicted octanol–water partition coefficient (Wildman–Crippen LogP) is 3.36. The fourth-order valence-corrected chi connectivity index (χ4v) is 7.72. The van der Waals surface area contributed by atoms with Crippen molar-refractivity contribution in [3.63, 3.8) is 0 Å². The molecule has 294 valence electrons. The average molecular weight is 761 g/mol. The van der Waals surface area contributed by atoms with Crippen LogP contribution >= 0.6 is 0 Å². The highest BCUT2D eigenvalue weighted by Crippen LogP contribution is 2.49. The monoisotopic (exact) mass is 760 g/mol. The second kappa shape index (κ2) is 16.6. The lowest BCUT2D eigenvalue weighted by Gasteiger charge is -2.43. The molecule has 0 radical (unpaired) electrons. The SMILES string of the molecule is CCC1c2c(cnn2C2CN(Cc3cccc(C=O)n3)C2)-c2cccc(NC(/C=C(\N)NC(=O)C3CC3)=C(/N)C(=O)NC3CC3)c2N1C.CN1CC[C@@H](C#N)C1. The van der Waals surface area contributed by atoms with E-state index >= 15 is 0 Å². The number of para-hydroxylation sites is 1. The molecule has 56 heavy (non-hydrogen) atoms. The van der Waals surface area contributed by atoms with Crippen LogP contribution in [0.4, 0.5) is 11.4 Å². The van der Waals surface area contributed by atoms with Crippen LogP contribution in [-0.4, -0.2) is 89.0 Å². The normalized spacial score (nSPS) is 21.3. The number of aromatic nitrogens is 3. The van der Waals surface area contributed by atoms with Gasteiger partial charge in [0.25, 0.3) is 5.91 Å². The topological polar surface area (TPSA) is 204 Å². The van der Waals surface area contributed by atoms with E-state index < -0.39 is 0 Å². The van der Waals surface area contributed by atoms with Crippen LogP contribution in [0.25, 0.3) is 11.1 Å². The first-order chi connectivity index (χ1) is 27.1. The minimum atomic E-state index is -0.382. The number of carbonyl (C=O) groups is 3. The number of nitrogens with two attached hydrogens (primary N) is 2. The number of anilines is 2. The van der Waals surface area contributed by atoms with Gasteiger partial charge in [0.15, 0.2) is 6.29 Å². The van der Waals surface area contributed by atoms with Crippen LogP contribution in [0.15, 0.2) is 65.9 Å². The van der Waals surface area contributed by atoms with Crippen molar-refractivity contribution < 1.29 is 14.4 Å². The highest BCUT2D eigenvalue weighted by molar-refractivity contribution is 5.96. The first kappa shape index (κ1) is 38.6. The van der Waals surface area contributed by atoms with Crippen LogP contribution in [0, 0.1) is 23.2 Å². The summed E-state index contributed by atoms with van der Waals surface area (Å²) < 4.78 is 2.17. The maximum absolute atomic E-state index is 13.1. The van der Waals surface area contributed by atoms with E-state index in [1.165, 1.54) is 11.8 Å². The number of pyridine rings is 1. The van der Waals surface area contributed by atoms with E-state index in [-0.39, 0.29) is 47.4 Å². The number of fused-ring (bicyclic) bond motifs is 3. The van der Waals surface area contributed by atoms with Gasteiger partial charge in [-0.25, -0.2) is 4.98 Å². The van der Waals surface area contributed by atoms with Gasteiger partial charge in [0.05, 0.1) is 58.7 Å². The molecule has 2 saturated heterocycles. The minimum absolute atomic E-state index is 0.00948. The summed E-state index contributed by atoms with van der Waals surface area (Å²) in [6.07, 6.45) is 9.70. The smallest absolute Gasteiger partial charge is 0.269 e. The van der Waals surface area contributed by atoms with Crippen LogP contribution < -0.4 is 32.3 Å². The van der Waals surface area contributed by atoms with Gasteiger partial charge in [0.1, 0.15) is 17.2 Å². The summed E-state index contributed by atoms with van der Waals surface area (Å²) >= 11 is 0. The molecular weight excluding hydrogens is 709 g/mol. The minimum Gasteiger partial charge on any atom is -0.393 e. The maximum atomic E-state index is 13.1. The summed E-state index contributed by atoms with van der Waals surface area (Å²) in [5, 5.41) is 22.4. The van der Waals surface area contributed by atoms with Gasteiger partial charge in [0.2, 0.25) is 5.91 Å². The third kappa shape index (κ3) is 8.56. The lowest BCUT2D eigenvalue weighted by Crippen LogP contribution is -2.48. The van der Waals surface area contributed by atoms with Crippen molar-refractivity contribution in [3.05, 3.63) is 83.0 Å². The quantitative estimate of drug-likeness (QED) is 0.103. The van der Waals surface area contributed by atoms with Crippen LogP contribution in [0.3, 0.4) is 0 Å². The van der Waals surface area contributed by atoms with Crippen molar-refractivity contribution in [2.24, 2.45) is 23.3 Å². The zero-order chi connectivity index (χ0) is 39.5. The highest BCUT2D eigenvalue weighted by atomic mass is 16.2. The molecule has 2 atom stereocenters. The molecule has 8 rings (SSSR count). The number of allylic oxidation sites excluding steroid dienone is 1. The first-order valence-electron chi connectivity index (χ1n) is 19.6. The molecule has 15 nitrogen and oxygen atoms in total. The standard InChI is InChI=1S/C35H42N10O3.C6H10N2/c1-3-29-33-26(15-38-45(33)24-17-44(18-24)16-22-6-4-7-23(19-46)39-22)25-8-5-9-27(32(25)43(29)2)41-28(31(37)35(48)40-21-12-13-21)14-30(36)42-34(47)20-10-11-20;1-8-3-2-6(4-7)5-8/h4-9,14-15,19-21,24,29,41H,3,10-13,16-18,36-37H2,1-2H3,(H,40,48)(H,42,47);6H,2-3,5H2,1H3/b30-14+,31-28+;/t;6-/m.0/s1. The molecule has 2 aliphatic carbocycles. The third-order valence-electron chi connectivity index (χ3n) is 11.1. The van der Waals surface area contributed by atoms with Crippen LogP contribution in [0.1, 0.15) is 79.4 Å². The summed E-state index contributed by atoms with van der Waals surface area (Å²) in [6.45, 7) is 6.57. The Bertz CT molecular complexity index is 2070. The molecule has 1 unspecified atom stereocenters. The summed E-state index contributed by atoms with van der Waals surface area (Å²) in [5.41, 5.74) is 19.3. The number of rotatable bonds is 12. The summed E-state index contributed by atoms with van der Waals surface area (Å²) in [7, 11) is 4.13. The molecule has 15 heteroatoms. The first-order valence-corrected chi connectivity index (χ1v) is 19.6. The number of benzene rings is 1. The van der Waals surface area contributed by atoms with E-state index in [2.05, 4.69) is 73.5 Å². The third-order valence-corrected chi connectivity index (χ3v) is 11.1. The molecule has 2 aromatic heterocycles. The van der Waals surface area contributed by atoms with Crippen molar-refractivity contribution in [1.82, 2.24) is 35.2 Å². The molecule has 3 aromatic rings. The van der Waals surface area contributed by atoms with Crippen LogP contribution in [0.2, 0.25) is 0 Å². The Balaban J connectivity index is 0.000000536. The van der Waals surface area contributed by atoms with E-state index in [0.29, 0.717) is 23.9 Å². The van der Waals surface area contributed by atoms with Gasteiger partial charge in [-0.15, -0.1) is 0 Å². The Labute approximate surface area is 327 Å². The summed E-state index contributed by atoms with van der Waals surface area (Å²) in [6, 6.07) is 14.2. The fourth-order valence-electron chi connectivity index (χ4n) is 7.72. The van der Waals surface area contributed by atoms with E-state index in [4.69, 9.17) is 21.8 Å². The molecule has 1 aromatic carbocycles. The maximum Gasteiger partial charge on any atom is 0.269 e. The Hall–Kier alpha value is -5.72. The fraction of sp³-hybridized carbons (Fsp3) is 0.463.